The van der Waals surface area contributed by atoms with Crippen molar-refractivity contribution < 1.29 is 14.3 Å². The van der Waals surface area contributed by atoms with Crippen LogP contribution in [0.4, 0.5) is 0 Å². The van der Waals surface area contributed by atoms with E-state index in [2.05, 4.69) is 20.3 Å². The van der Waals surface area contributed by atoms with Gasteiger partial charge in [-0.3, -0.25) is 4.79 Å². The average Bonchev–Trinajstić information content (AvgIpc) is 3.39. The Morgan fingerprint density at radius 1 is 1.21 bits per heavy atom. The van der Waals surface area contributed by atoms with Crippen LogP contribution in [0.3, 0.4) is 0 Å². The molecule has 8 heteroatoms. The smallest absolute Gasteiger partial charge is 0.251 e. The number of carbonyl (C=O) groups is 1. The van der Waals surface area contributed by atoms with Crippen LogP contribution in [0.25, 0.3) is 11.0 Å². The Morgan fingerprint density at radius 2 is 2.11 bits per heavy atom. The number of carbonyl (C=O) groups excluding carboxylic acids is 1. The van der Waals surface area contributed by atoms with E-state index in [1.807, 2.05) is 29.6 Å². The molecule has 28 heavy (non-hydrogen) atoms. The molecule has 0 aliphatic rings. The van der Waals surface area contributed by atoms with Crippen molar-refractivity contribution in [3.63, 3.8) is 0 Å². The molecule has 0 spiro atoms. The molecule has 2 heterocycles. The van der Waals surface area contributed by atoms with Gasteiger partial charge in [-0.2, -0.15) is 0 Å². The predicted octanol–water partition coefficient (Wildman–Crippen LogP) is 3.54. The SMILES string of the molecule is COc1cc(C(=O)NCc2nc3ccccc3[nH]2)ccc1OCc1cscn1. The van der Waals surface area contributed by atoms with E-state index in [1.165, 1.54) is 11.3 Å². The number of fused-ring (bicyclic) bond motifs is 1. The number of aromatic amines is 1. The predicted molar refractivity (Wildman–Crippen MR) is 107 cm³/mol. The minimum atomic E-state index is -0.218. The third kappa shape index (κ3) is 3.96. The molecule has 0 atom stereocenters. The number of imidazole rings is 1. The van der Waals surface area contributed by atoms with Gasteiger partial charge in [0.05, 0.1) is 35.9 Å². The second kappa shape index (κ2) is 8.10. The quantitative estimate of drug-likeness (QED) is 0.500. The zero-order valence-electron chi connectivity index (χ0n) is 15.1. The van der Waals surface area contributed by atoms with E-state index in [4.69, 9.17) is 9.47 Å². The summed E-state index contributed by atoms with van der Waals surface area (Å²) in [6.07, 6.45) is 0. The zero-order valence-corrected chi connectivity index (χ0v) is 16.0. The van der Waals surface area contributed by atoms with Crippen molar-refractivity contribution in [1.82, 2.24) is 20.3 Å². The third-order valence-corrected chi connectivity index (χ3v) is 4.77. The summed E-state index contributed by atoms with van der Waals surface area (Å²) in [4.78, 5) is 24.3. The minimum absolute atomic E-state index is 0.218. The Balaban J connectivity index is 1.41. The lowest BCUT2D eigenvalue weighted by Crippen LogP contribution is -2.23. The molecule has 0 unspecified atom stereocenters. The highest BCUT2D eigenvalue weighted by molar-refractivity contribution is 7.07. The normalized spacial score (nSPS) is 10.8. The molecule has 2 N–H and O–H groups in total. The molecule has 0 radical (unpaired) electrons. The molecule has 4 aromatic rings. The summed E-state index contributed by atoms with van der Waals surface area (Å²) in [5.41, 5.74) is 4.89. The number of hydrogen-bond acceptors (Lipinski definition) is 6. The first-order valence-corrected chi connectivity index (χ1v) is 9.57. The van der Waals surface area contributed by atoms with Crippen molar-refractivity contribution in [3.05, 3.63) is 70.4 Å². The van der Waals surface area contributed by atoms with Crippen molar-refractivity contribution in [2.24, 2.45) is 0 Å². The highest BCUT2D eigenvalue weighted by Crippen LogP contribution is 2.29. The van der Waals surface area contributed by atoms with E-state index >= 15 is 0 Å². The van der Waals surface area contributed by atoms with E-state index in [9.17, 15) is 4.79 Å². The number of nitrogens with zero attached hydrogens (tertiary/aromatic N) is 2. The number of thiazole rings is 1. The van der Waals surface area contributed by atoms with E-state index < -0.39 is 0 Å². The number of rotatable bonds is 7. The molecule has 0 bridgehead atoms. The van der Waals surface area contributed by atoms with Crippen molar-refractivity contribution in [2.45, 2.75) is 13.2 Å². The summed E-state index contributed by atoms with van der Waals surface area (Å²) >= 11 is 1.51. The number of para-hydroxylation sites is 2. The van der Waals surface area contributed by atoms with Crippen LogP contribution in [0.5, 0.6) is 11.5 Å². The molecule has 0 saturated heterocycles. The van der Waals surface area contributed by atoms with Crippen LogP contribution in [0, 0.1) is 0 Å². The molecular formula is C20H18N4O3S. The maximum Gasteiger partial charge on any atom is 0.251 e. The topological polar surface area (TPSA) is 89.1 Å². The van der Waals surface area contributed by atoms with Crippen LogP contribution >= 0.6 is 11.3 Å². The summed E-state index contributed by atoms with van der Waals surface area (Å²) in [5.74, 6) is 1.53. The maximum absolute atomic E-state index is 12.5. The van der Waals surface area contributed by atoms with Gasteiger partial charge in [-0.05, 0) is 30.3 Å². The standard InChI is InChI=1S/C20H18N4O3S/c1-26-18-8-13(6-7-17(18)27-10-14-11-28-12-22-14)20(25)21-9-19-23-15-4-2-3-5-16(15)24-19/h2-8,11-12H,9-10H2,1H3,(H,21,25)(H,23,24). The first kappa shape index (κ1) is 18.0. The fraction of sp³-hybridized carbons (Fsp3) is 0.150. The summed E-state index contributed by atoms with van der Waals surface area (Å²) in [7, 11) is 1.54. The van der Waals surface area contributed by atoms with Crippen LogP contribution in [0.15, 0.2) is 53.4 Å². The number of benzene rings is 2. The Hall–Kier alpha value is -3.39. The van der Waals surface area contributed by atoms with Gasteiger partial charge in [-0.15, -0.1) is 11.3 Å². The molecule has 0 fully saturated rings. The molecule has 7 nitrogen and oxygen atoms in total. The number of methoxy groups -OCH3 is 1. The Bertz CT molecular complexity index is 1060. The van der Waals surface area contributed by atoms with Crippen LogP contribution < -0.4 is 14.8 Å². The lowest BCUT2D eigenvalue weighted by Gasteiger charge is -2.11. The van der Waals surface area contributed by atoms with Gasteiger partial charge in [-0.25, -0.2) is 9.97 Å². The molecule has 2 aromatic carbocycles. The van der Waals surface area contributed by atoms with Crippen LogP contribution in [-0.4, -0.2) is 28.0 Å². The molecule has 1 amide bonds. The second-order valence-corrected chi connectivity index (χ2v) is 6.74. The number of hydrogen-bond donors (Lipinski definition) is 2. The first-order valence-electron chi connectivity index (χ1n) is 8.62. The summed E-state index contributed by atoms with van der Waals surface area (Å²) in [5, 5.41) is 4.79. The van der Waals surface area contributed by atoms with Crippen LogP contribution in [0.2, 0.25) is 0 Å². The highest BCUT2D eigenvalue weighted by atomic mass is 32.1. The van der Waals surface area contributed by atoms with E-state index in [0.29, 0.717) is 36.0 Å². The molecule has 0 aliphatic heterocycles. The van der Waals surface area contributed by atoms with E-state index in [1.54, 1.807) is 30.8 Å². The Kier molecular flexibility index (Phi) is 5.20. The van der Waals surface area contributed by atoms with Crippen molar-refractivity contribution >= 4 is 28.3 Å². The van der Waals surface area contributed by atoms with Crippen LogP contribution in [-0.2, 0) is 13.2 Å². The first-order chi connectivity index (χ1) is 13.7. The monoisotopic (exact) mass is 394 g/mol. The number of nitrogens with one attached hydrogen (secondary N) is 2. The van der Waals surface area contributed by atoms with Gasteiger partial charge in [0.25, 0.3) is 5.91 Å². The third-order valence-electron chi connectivity index (χ3n) is 4.14. The summed E-state index contributed by atoms with van der Waals surface area (Å²) < 4.78 is 11.1. The molecule has 142 valence electrons. The molecular weight excluding hydrogens is 376 g/mol. The van der Waals surface area contributed by atoms with Crippen molar-refractivity contribution in [3.8, 4) is 11.5 Å². The van der Waals surface area contributed by atoms with E-state index in [0.717, 1.165) is 16.7 Å². The molecule has 2 aromatic heterocycles. The van der Waals surface area contributed by atoms with Gasteiger partial charge >= 0.3 is 0 Å². The fourth-order valence-electron chi connectivity index (χ4n) is 2.74. The van der Waals surface area contributed by atoms with Gasteiger partial charge < -0.3 is 19.8 Å². The van der Waals surface area contributed by atoms with Gasteiger partial charge in [0, 0.05) is 10.9 Å². The number of aromatic nitrogens is 3. The summed E-state index contributed by atoms with van der Waals surface area (Å²) in [6, 6.07) is 12.8. The highest BCUT2D eigenvalue weighted by Gasteiger charge is 2.12. The molecule has 0 aliphatic carbocycles. The lowest BCUT2D eigenvalue weighted by molar-refractivity contribution is 0.0949. The summed E-state index contributed by atoms with van der Waals surface area (Å²) in [6.45, 7) is 0.648. The second-order valence-electron chi connectivity index (χ2n) is 6.02. The molecule has 4 rings (SSSR count). The largest absolute Gasteiger partial charge is 0.493 e. The van der Waals surface area contributed by atoms with Gasteiger partial charge in [-0.1, -0.05) is 12.1 Å². The number of ether oxygens (including phenoxy) is 2. The maximum atomic E-state index is 12.5. The zero-order chi connectivity index (χ0) is 19.3. The number of amides is 1. The van der Waals surface area contributed by atoms with Gasteiger partial charge in [0.1, 0.15) is 12.4 Å². The Labute approximate surface area is 165 Å². The molecule has 0 saturated carbocycles. The van der Waals surface area contributed by atoms with Crippen molar-refractivity contribution in [2.75, 3.05) is 7.11 Å². The van der Waals surface area contributed by atoms with Gasteiger partial charge in [0.2, 0.25) is 0 Å². The number of H-pyrrole nitrogens is 1. The van der Waals surface area contributed by atoms with Gasteiger partial charge in [0.15, 0.2) is 11.5 Å². The average molecular weight is 394 g/mol. The van der Waals surface area contributed by atoms with E-state index in [-0.39, 0.29) is 5.91 Å². The minimum Gasteiger partial charge on any atom is -0.493 e. The lowest BCUT2D eigenvalue weighted by atomic mass is 10.2. The van der Waals surface area contributed by atoms with Crippen LogP contribution in [0.1, 0.15) is 21.9 Å². The fourth-order valence-corrected chi connectivity index (χ4v) is 3.29. The Morgan fingerprint density at radius 3 is 2.89 bits per heavy atom. The van der Waals surface area contributed by atoms with Crippen molar-refractivity contribution in [1.29, 1.82) is 0 Å².